The molecule has 0 spiro atoms. The van der Waals surface area contributed by atoms with Crippen molar-refractivity contribution >= 4 is 11.3 Å². The Morgan fingerprint density at radius 3 is 3.00 bits per heavy atom. The maximum absolute atomic E-state index is 5.69. The van der Waals surface area contributed by atoms with E-state index in [1.54, 1.807) is 11.3 Å². The summed E-state index contributed by atoms with van der Waals surface area (Å²) in [7, 11) is 2.09. The van der Waals surface area contributed by atoms with Gasteiger partial charge in [0.2, 0.25) is 0 Å². The molecule has 1 aromatic heterocycles. The van der Waals surface area contributed by atoms with Crippen molar-refractivity contribution in [3.8, 4) is 0 Å². The van der Waals surface area contributed by atoms with Crippen LogP contribution in [-0.4, -0.2) is 43.8 Å². The maximum Gasteiger partial charge on any atom is 0.0521 e. The van der Waals surface area contributed by atoms with Gasteiger partial charge >= 0.3 is 0 Å². The minimum Gasteiger partial charge on any atom is -0.381 e. The summed E-state index contributed by atoms with van der Waals surface area (Å²) in [5.41, 5.74) is 1.47. The lowest BCUT2D eigenvalue weighted by molar-refractivity contribution is 0.0159. The van der Waals surface area contributed by atoms with E-state index in [0.717, 1.165) is 32.2 Å². The molecule has 2 heterocycles. The fourth-order valence-corrected chi connectivity index (χ4v) is 3.72. The third-order valence-electron chi connectivity index (χ3n) is 4.34. The lowest BCUT2D eigenvalue weighted by Gasteiger charge is -2.35. The molecule has 0 amide bonds. The van der Waals surface area contributed by atoms with E-state index in [1.165, 1.54) is 24.9 Å². The van der Waals surface area contributed by atoms with Gasteiger partial charge in [-0.3, -0.25) is 4.90 Å². The van der Waals surface area contributed by atoms with Crippen LogP contribution in [0.25, 0.3) is 0 Å². The van der Waals surface area contributed by atoms with Gasteiger partial charge in [-0.05, 0) is 48.7 Å². The summed E-state index contributed by atoms with van der Waals surface area (Å²) in [6.45, 7) is 4.11. The number of hydrogen-bond donors (Lipinski definition) is 1. The highest BCUT2D eigenvalue weighted by Crippen LogP contribution is 2.30. The van der Waals surface area contributed by atoms with E-state index >= 15 is 0 Å². The summed E-state index contributed by atoms with van der Waals surface area (Å²) < 4.78 is 5.69. The van der Waals surface area contributed by atoms with Gasteiger partial charge < -0.3 is 10.1 Å². The van der Waals surface area contributed by atoms with Crippen molar-refractivity contribution in [3.63, 3.8) is 0 Å². The van der Waals surface area contributed by atoms with Crippen LogP contribution < -0.4 is 5.32 Å². The van der Waals surface area contributed by atoms with Crippen LogP contribution in [0.1, 0.15) is 24.8 Å². The van der Waals surface area contributed by atoms with Crippen molar-refractivity contribution in [2.45, 2.75) is 37.9 Å². The Labute approximate surface area is 119 Å². The fourth-order valence-electron chi connectivity index (χ4n) is 3.06. The zero-order valence-corrected chi connectivity index (χ0v) is 12.5. The SMILES string of the molecule is CNC1CCOCC1CN(Cc1ccsc1)C1CC1. The minimum atomic E-state index is 0.623. The molecule has 2 unspecified atom stereocenters. The average molecular weight is 280 g/mol. The Morgan fingerprint density at radius 1 is 1.42 bits per heavy atom. The molecular formula is C15H24N2OS. The summed E-state index contributed by atoms with van der Waals surface area (Å²) in [5.74, 6) is 0.637. The molecule has 0 bridgehead atoms. The Bertz CT molecular complexity index is 378. The van der Waals surface area contributed by atoms with Crippen molar-refractivity contribution in [2.75, 3.05) is 26.8 Å². The monoisotopic (exact) mass is 280 g/mol. The summed E-state index contributed by atoms with van der Waals surface area (Å²) in [6.07, 6.45) is 3.90. The quantitative estimate of drug-likeness (QED) is 0.865. The van der Waals surface area contributed by atoms with E-state index in [1.807, 2.05) is 0 Å². The van der Waals surface area contributed by atoms with E-state index in [4.69, 9.17) is 4.74 Å². The van der Waals surface area contributed by atoms with E-state index < -0.39 is 0 Å². The standard InChI is InChI=1S/C15H24N2OS/c1-16-15-4-6-18-10-13(15)9-17(14-2-3-14)8-12-5-7-19-11-12/h5,7,11,13-16H,2-4,6,8-10H2,1H3. The van der Waals surface area contributed by atoms with Crippen LogP contribution in [0.2, 0.25) is 0 Å². The highest BCUT2D eigenvalue weighted by Gasteiger charge is 2.33. The van der Waals surface area contributed by atoms with Crippen LogP contribution in [0.5, 0.6) is 0 Å². The Balaban J connectivity index is 1.60. The summed E-state index contributed by atoms with van der Waals surface area (Å²) in [6, 6.07) is 3.70. The van der Waals surface area contributed by atoms with Crippen LogP contribution in [0.3, 0.4) is 0 Å². The molecule has 1 N–H and O–H groups in total. The first-order valence-electron chi connectivity index (χ1n) is 7.37. The van der Waals surface area contributed by atoms with Gasteiger partial charge in [-0.1, -0.05) is 0 Å². The van der Waals surface area contributed by atoms with Gasteiger partial charge in [0, 0.05) is 37.7 Å². The second kappa shape index (κ2) is 6.35. The van der Waals surface area contributed by atoms with Crippen molar-refractivity contribution < 1.29 is 4.74 Å². The predicted molar refractivity (Wildman–Crippen MR) is 79.5 cm³/mol. The third-order valence-corrected chi connectivity index (χ3v) is 5.08. The molecule has 1 aromatic rings. The molecule has 1 saturated carbocycles. The molecule has 1 aliphatic heterocycles. The molecule has 0 aromatic carbocycles. The normalized spacial score (nSPS) is 27.9. The highest BCUT2D eigenvalue weighted by molar-refractivity contribution is 7.07. The lowest BCUT2D eigenvalue weighted by atomic mass is 9.95. The fraction of sp³-hybridized carbons (Fsp3) is 0.733. The van der Waals surface area contributed by atoms with E-state index in [2.05, 4.69) is 34.1 Å². The first kappa shape index (κ1) is 13.6. The second-order valence-corrected chi connectivity index (χ2v) is 6.59. The first-order valence-corrected chi connectivity index (χ1v) is 8.31. The van der Waals surface area contributed by atoms with E-state index in [9.17, 15) is 0 Å². The Morgan fingerprint density at radius 2 is 2.32 bits per heavy atom. The van der Waals surface area contributed by atoms with Gasteiger partial charge in [-0.15, -0.1) is 0 Å². The van der Waals surface area contributed by atoms with Crippen molar-refractivity contribution in [1.29, 1.82) is 0 Å². The number of nitrogens with one attached hydrogen (secondary N) is 1. The van der Waals surface area contributed by atoms with Crippen molar-refractivity contribution in [2.24, 2.45) is 5.92 Å². The van der Waals surface area contributed by atoms with Gasteiger partial charge in [0.1, 0.15) is 0 Å². The van der Waals surface area contributed by atoms with Gasteiger partial charge in [0.25, 0.3) is 0 Å². The van der Waals surface area contributed by atoms with Gasteiger partial charge in [-0.25, -0.2) is 0 Å². The van der Waals surface area contributed by atoms with Crippen molar-refractivity contribution in [3.05, 3.63) is 22.4 Å². The topological polar surface area (TPSA) is 24.5 Å². The number of thiophene rings is 1. The molecule has 19 heavy (non-hydrogen) atoms. The van der Waals surface area contributed by atoms with Gasteiger partial charge in [0.15, 0.2) is 0 Å². The number of hydrogen-bond acceptors (Lipinski definition) is 4. The van der Waals surface area contributed by atoms with Crippen LogP contribution in [0, 0.1) is 5.92 Å². The Hall–Kier alpha value is -0.420. The zero-order valence-electron chi connectivity index (χ0n) is 11.7. The van der Waals surface area contributed by atoms with Crippen LogP contribution >= 0.6 is 11.3 Å². The predicted octanol–water partition coefficient (Wildman–Crippen LogP) is 2.34. The number of ether oxygens (including phenoxy) is 1. The molecule has 3 nitrogen and oxygen atoms in total. The molecule has 0 radical (unpaired) electrons. The number of rotatable bonds is 6. The average Bonchev–Trinajstić information content (AvgIpc) is 3.17. The smallest absolute Gasteiger partial charge is 0.0521 e. The van der Waals surface area contributed by atoms with Crippen LogP contribution in [-0.2, 0) is 11.3 Å². The molecule has 4 heteroatoms. The van der Waals surface area contributed by atoms with Crippen LogP contribution in [0.15, 0.2) is 16.8 Å². The molecular weight excluding hydrogens is 256 g/mol. The second-order valence-electron chi connectivity index (χ2n) is 5.81. The van der Waals surface area contributed by atoms with Crippen molar-refractivity contribution in [1.82, 2.24) is 10.2 Å². The molecule has 3 rings (SSSR count). The van der Waals surface area contributed by atoms with Gasteiger partial charge in [-0.2, -0.15) is 11.3 Å². The molecule has 1 saturated heterocycles. The summed E-state index contributed by atoms with van der Waals surface area (Å²) >= 11 is 1.80. The largest absolute Gasteiger partial charge is 0.381 e. The van der Waals surface area contributed by atoms with Gasteiger partial charge in [0.05, 0.1) is 6.61 Å². The highest BCUT2D eigenvalue weighted by atomic mass is 32.1. The zero-order chi connectivity index (χ0) is 13.1. The summed E-state index contributed by atoms with van der Waals surface area (Å²) in [4.78, 5) is 2.67. The number of nitrogens with zero attached hydrogens (tertiary/aromatic N) is 1. The molecule has 1 aliphatic carbocycles. The third kappa shape index (κ3) is 3.57. The maximum atomic E-state index is 5.69. The molecule has 2 atom stereocenters. The van der Waals surface area contributed by atoms with E-state index in [-0.39, 0.29) is 0 Å². The molecule has 2 aliphatic rings. The van der Waals surface area contributed by atoms with Crippen LogP contribution in [0.4, 0.5) is 0 Å². The minimum absolute atomic E-state index is 0.623. The summed E-state index contributed by atoms with van der Waals surface area (Å²) in [5, 5.41) is 7.93. The molecule has 106 valence electrons. The lowest BCUT2D eigenvalue weighted by Crippen LogP contribution is -2.46. The molecule has 2 fully saturated rings. The first-order chi connectivity index (χ1) is 9.36. The Kier molecular flexibility index (Phi) is 4.53. The van der Waals surface area contributed by atoms with E-state index in [0.29, 0.717) is 12.0 Å².